The minimum Gasteiger partial charge on any atom is -0.375 e. The van der Waals surface area contributed by atoms with Gasteiger partial charge in [0.2, 0.25) is 5.91 Å². The molecular weight excluding hydrogens is 313 g/mol. The van der Waals surface area contributed by atoms with Crippen LogP contribution in [0.4, 0.5) is 18.9 Å². The van der Waals surface area contributed by atoms with Gasteiger partial charge in [0.25, 0.3) is 0 Å². The van der Waals surface area contributed by atoms with Crippen molar-refractivity contribution in [2.24, 2.45) is 0 Å². The van der Waals surface area contributed by atoms with E-state index in [2.05, 4.69) is 10.2 Å². The normalized spacial score (nSPS) is 16.0. The fourth-order valence-electron chi connectivity index (χ4n) is 2.27. The Kier molecular flexibility index (Phi) is 5.39. The summed E-state index contributed by atoms with van der Waals surface area (Å²) in [5.74, 6) is -0.277. The number of alkyl halides is 3. The fourth-order valence-corrected chi connectivity index (χ4v) is 2.81. The van der Waals surface area contributed by atoms with Gasteiger partial charge in [0.15, 0.2) is 0 Å². The molecule has 0 unspecified atom stereocenters. The number of nitrogens with one attached hydrogen (secondary N) is 1. The van der Waals surface area contributed by atoms with Crippen molar-refractivity contribution in [2.45, 2.75) is 30.2 Å². The Morgan fingerprint density at radius 3 is 2.36 bits per heavy atom. The number of halogens is 3. The number of thioether (sulfide) groups is 1. The van der Waals surface area contributed by atoms with Crippen LogP contribution in [0.3, 0.4) is 0 Å². The Balaban J connectivity index is 1.92. The number of nitrogens with zero attached hydrogens (tertiary/aromatic N) is 1. The molecule has 22 heavy (non-hydrogen) atoms. The van der Waals surface area contributed by atoms with E-state index in [1.165, 1.54) is 30.3 Å². The lowest BCUT2D eigenvalue weighted by molar-refractivity contribution is -0.112. The van der Waals surface area contributed by atoms with Crippen molar-refractivity contribution in [3.63, 3.8) is 0 Å². The third kappa shape index (κ3) is 5.29. The molecule has 7 heteroatoms. The van der Waals surface area contributed by atoms with Crippen molar-refractivity contribution in [1.82, 2.24) is 4.90 Å². The average Bonchev–Trinajstić information content (AvgIpc) is 2.93. The minimum atomic E-state index is -4.31. The van der Waals surface area contributed by atoms with E-state index in [4.69, 9.17) is 0 Å². The molecule has 1 N–H and O–H groups in total. The van der Waals surface area contributed by atoms with Crippen LogP contribution in [0.2, 0.25) is 0 Å². The van der Waals surface area contributed by atoms with Gasteiger partial charge in [-0.1, -0.05) is 0 Å². The Bertz CT molecular complexity index is 549. The van der Waals surface area contributed by atoms with Gasteiger partial charge in [-0.15, -0.1) is 0 Å². The van der Waals surface area contributed by atoms with Crippen LogP contribution in [0.1, 0.15) is 19.8 Å². The highest BCUT2D eigenvalue weighted by atomic mass is 32.2. The lowest BCUT2D eigenvalue weighted by Gasteiger charge is -2.17. The molecule has 1 aromatic carbocycles. The number of carbonyl (C=O) groups is 1. The van der Waals surface area contributed by atoms with Gasteiger partial charge in [0.1, 0.15) is 0 Å². The third-order valence-electron chi connectivity index (χ3n) is 3.30. The molecule has 0 aliphatic carbocycles. The maximum atomic E-state index is 12.2. The number of amides is 1. The monoisotopic (exact) mass is 330 g/mol. The highest BCUT2D eigenvalue weighted by Gasteiger charge is 2.29. The molecule has 1 amide bonds. The number of hydrogen-bond donors (Lipinski definition) is 1. The van der Waals surface area contributed by atoms with Crippen molar-refractivity contribution in [3.05, 3.63) is 36.0 Å². The zero-order chi connectivity index (χ0) is 16.2. The molecule has 0 saturated carbocycles. The van der Waals surface area contributed by atoms with Crippen LogP contribution in [0, 0.1) is 0 Å². The number of anilines is 1. The largest absolute Gasteiger partial charge is 0.446 e. The van der Waals surface area contributed by atoms with Crippen LogP contribution >= 0.6 is 11.8 Å². The smallest absolute Gasteiger partial charge is 0.375 e. The SMILES string of the molecule is C/C(=C/C(=O)Nc1ccc(SC(F)(F)F)cc1)N1CCCC1. The minimum absolute atomic E-state index is 0.0919. The summed E-state index contributed by atoms with van der Waals surface area (Å²) in [5.41, 5.74) is -2.93. The topological polar surface area (TPSA) is 32.3 Å². The summed E-state index contributed by atoms with van der Waals surface area (Å²) in [4.78, 5) is 14.1. The van der Waals surface area contributed by atoms with Crippen molar-refractivity contribution in [3.8, 4) is 0 Å². The molecule has 0 atom stereocenters. The fraction of sp³-hybridized carbons (Fsp3) is 0.400. The second-order valence-electron chi connectivity index (χ2n) is 5.04. The van der Waals surface area contributed by atoms with Crippen LogP contribution < -0.4 is 5.32 Å². The first-order chi connectivity index (χ1) is 10.3. The summed E-state index contributed by atoms with van der Waals surface area (Å²) in [6, 6.07) is 5.60. The summed E-state index contributed by atoms with van der Waals surface area (Å²) in [5, 5.41) is 2.65. The molecule has 0 radical (unpaired) electrons. The first-order valence-electron chi connectivity index (χ1n) is 6.93. The quantitative estimate of drug-likeness (QED) is 0.662. The van der Waals surface area contributed by atoms with Crippen LogP contribution in [0.5, 0.6) is 0 Å². The molecule has 0 bridgehead atoms. The third-order valence-corrected chi connectivity index (χ3v) is 4.04. The van der Waals surface area contributed by atoms with Crippen molar-refractivity contribution in [1.29, 1.82) is 0 Å². The van der Waals surface area contributed by atoms with Gasteiger partial charge >= 0.3 is 5.51 Å². The van der Waals surface area contributed by atoms with Crippen molar-refractivity contribution in [2.75, 3.05) is 18.4 Å². The highest BCUT2D eigenvalue weighted by Crippen LogP contribution is 2.37. The van der Waals surface area contributed by atoms with Gasteiger partial charge in [-0.2, -0.15) is 13.2 Å². The molecule has 0 aromatic heterocycles. The first-order valence-corrected chi connectivity index (χ1v) is 7.75. The number of hydrogen-bond acceptors (Lipinski definition) is 3. The summed E-state index contributed by atoms with van der Waals surface area (Å²) in [7, 11) is 0. The first kappa shape index (κ1) is 16.7. The summed E-state index contributed by atoms with van der Waals surface area (Å²) in [6.07, 6.45) is 3.78. The predicted octanol–water partition coefficient (Wildman–Crippen LogP) is 4.24. The van der Waals surface area contributed by atoms with Gasteiger partial charge in [-0.05, 0) is 55.8 Å². The van der Waals surface area contributed by atoms with E-state index >= 15 is 0 Å². The van der Waals surface area contributed by atoms with E-state index in [1.807, 2.05) is 6.92 Å². The number of likely N-dealkylation sites (tertiary alicyclic amines) is 1. The summed E-state index contributed by atoms with van der Waals surface area (Å²) in [6.45, 7) is 3.80. The zero-order valence-electron chi connectivity index (χ0n) is 12.1. The Morgan fingerprint density at radius 2 is 1.82 bits per heavy atom. The van der Waals surface area contributed by atoms with E-state index in [0.29, 0.717) is 5.69 Å². The molecular formula is C15H17F3N2OS. The maximum Gasteiger partial charge on any atom is 0.446 e. The molecule has 1 aromatic rings. The van der Waals surface area contributed by atoms with Gasteiger partial charge in [0, 0.05) is 35.4 Å². The number of allylic oxidation sites excluding steroid dienone is 1. The van der Waals surface area contributed by atoms with Gasteiger partial charge in [-0.3, -0.25) is 4.79 Å². The van der Waals surface area contributed by atoms with Gasteiger partial charge in [0.05, 0.1) is 0 Å². The Morgan fingerprint density at radius 1 is 1.23 bits per heavy atom. The number of rotatable bonds is 4. The summed E-state index contributed by atoms with van der Waals surface area (Å²) >= 11 is -0.176. The average molecular weight is 330 g/mol. The zero-order valence-corrected chi connectivity index (χ0v) is 12.9. The van der Waals surface area contributed by atoms with Crippen molar-refractivity contribution >= 4 is 23.4 Å². The lowest BCUT2D eigenvalue weighted by atomic mass is 10.3. The predicted molar refractivity (Wildman–Crippen MR) is 81.5 cm³/mol. The molecule has 1 fully saturated rings. The maximum absolute atomic E-state index is 12.2. The molecule has 2 rings (SSSR count). The molecule has 1 aliphatic heterocycles. The Labute approximate surface area is 131 Å². The van der Waals surface area contributed by atoms with E-state index in [9.17, 15) is 18.0 Å². The van der Waals surface area contributed by atoms with Crippen LogP contribution in [0.25, 0.3) is 0 Å². The number of benzene rings is 1. The van der Waals surface area contributed by atoms with Gasteiger partial charge in [-0.25, -0.2) is 0 Å². The molecule has 0 spiro atoms. The Hall–Kier alpha value is -1.63. The van der Waals surface area contributed by atoms with Gasteiger partial charge < -0.3 is 10.2 Å². The molecule has 3 nitrogen and oxygen atoms in total. The molecule has 120 valence electrons. The lowest BCUT2D eigenvalue weighted by Crippen LogP contribution is -2.19. The van der Waals surface area contributed by atoms with E-state index < -0.39 is 5.51 Å². The second-order valence-corrected chi connectivity index (χ2v) is 6.18. The second kappa shape index (κ2) is 7.09. The van der Waals surface area contributed by atoms with Crippen LogP contribution in [-0.4, -0.2) is 29.4 Å². The molecule has 1 saturated heterocycles. The molecule has 1 aliphatic rings. The van der Waals surface area contributed by atoms with Crippen LogP contribution in [-0.2, 0) is 4.79 Å². The molecule has 1 heterocycles. The van der Waals surface area contributed by atoms with Crippen LogP contribution in [0.15, 0.2) is 40.9 Å². The highest BCUT2D eigenvalue weighted by molar-refractivity contribution is 8.00. The number of carbonyl (C=O) groups excluding carboxylic acids is 1. The summed E-state index contributed by atoms with van der Waals surface area (Å²) < 4.78 is 36.7. The standard InChI is InChI=1S/C15H17F3N2OS/c1-11(20-8-2-3-9-20)10-14(21)19-12-4-6-13(7-5-12)22-15(16,17)18/h4-7,10H,2-3,8-9H2,1H3,(H,19,21)/b11-10-. The van der Waals surface area contributed by atoms with E-state index in [0.717, 1.165) is 31.6 Å². The van der Waals surface area contributed by atoms with E-state index in [1.54, 1.807) is 0 Å². The van der Waals surface area contributed by atoms with Crippen molar-refractivity contribution < 1.29 is 18.0 Å². The van der Waals surface area contributed by atoms with E-state index in [-0.39, 0.29) is 22.6 Å².